The van der Waals surface area contributed by atoms with E-state index >= 15 is 0 Å². The second-order valence-electron chi connectivity index (χ2n) is 3.73. The van der Waals surface area contributed by atoms with E-state index in [9.17, 15) is 0 Å². The third kappa shape index (κ3) is 1.58. The molecule has 0 saturated heterocycles. The van der Waals surface area contributed by atoms with Gasteiger partial charge in [-0.15, -0.1) is 0 Å². The molecular weight excluding hydrogens is 170 g/mol. The van der Waals surface area contributed by atoms with Gasteiger partial charge in [0.05, 0.1) is 0 Å². The molecule has 0 N–H and O–H groups in total. The standard InChI is InChI=1S/C13H15N/c1-14(2)13-10-6-9-12(13)11-7-4-3-5-8-11/h3-9H,10H2,1-2H3. The summed E-state index contributed by atoms with van der Waals surface area (Å²) < 4.78 is 0. The summed E-state index contributed by atoms with van der Waals surface area (Å²) in [5.41, 5.74) is 4.07. The maximum absolute atomic E-state index is 2.22. The van der Waals surface area contributed by atoms with Gasteiger partial charge in [-0.2, -0.15) is 0 Å². The van der Waals surface area contributed by atoms with E-state index in [-0.39, 0.29) is 0 Å². The lowest BCUT2D eigenvalue weighted by Gasteiger charge is -2.16. The van der Waals surface area contributed by atoms with Gasteiger partial charge >= 0.3 is 0 Å². The van der Waals surface area contributed by atoms with Crippen LogP contribution in [0.15, 0.2) is 48.2 Å². The van der Waals surface area contributed by atoms with Crippen LogP contribution < -0.4 is 0 Å². The topological polar surface area (TPSA) is 3.24 Å². The first-order valence-electron chi connectivity index (χ1n) is 4.91. The van der Waals surface area contributed by atoms with Crippen molar-refractivity contribution in [2.45, 2.75) is 6.42 Å². The normalized spacial score (nSPS) is 15.0. The molecule has 1 aromatic carbocycles. The Kier molecular flexibility index (Phi) is 2.40. The van der Waals surface area contributed by atoms with Crippen LogP contribution in [0, 0.1) is 0 Å². The number of benzene rings is 1. The van der Waals surface area contributed by atoms with Crippen LogP contribution in [0.4, 0.5) is 0 Å². The second kappa shape index (κ2) is 3.70. The average molecular weight is 185 g/mol. The molecule has 1 aliphatic carbocycles. The van der Waals surface area contributed by atoms with E-state index in [4.69, 9.17) is 0 Å². The highest BCUT2D eigenvalue weighted by Crippen LogP contribution is 2.28. The van der Waals surface area contributed by atoms with Crippen molar-refractivity contribution in [3.8, 4) is 0 Å². The Bertz CT molecular complexity index is 371. The van der Waals surface area contributed by atoms with Crippen molar-refractivity contribution in [1.29, 1.82) is 0 Å². The van der Waals surface area contributed by atoms with Crippen LogP contribution in [-0.4, -0.2) is 19.0 Å². The Morgan fingerprint density at radius 1 is 1.07 bits per heavy atom. The zero-order valence-corrected chi connectivity index (χ0v) is 8.70. The molecule has 1 nitrogen and oxygen atoms in total. The summed E-state index contributed by atoms with van der Waals surface area (Å²) >= 11 is 0. The molecule has 1 heteroatoms. The van der Waals surface area contributed by atoms with Crippen LogP contribution in [0.3, 0.4) is 0 Å². The zero-order chi connectivity index (χ0) is 9.97. The van der Waals surface area contributed by atoms with Gasteiger partial charge in [0.25, 0.3) is 0 Å². The first-order chi connectivity index (χ1) is 6.79. The van der Waals surface area contributed by atoms with E-state index in [2.05, 4.69) is 61.5 Å². The molecular formula is C13H15N. The molecule has 0 atom stereocenters. The van der Waals surface area contributed by atoms with Crippen molar-refractivity contribution >= 4 is 5.57 Å². The Labute approximate surface area is 85.4 Å². The molecule has 0 saturated carbocycles. The molecule has 0 radical (unpaired) electrons. The van der Waals surface area contributed by atoms with E-state index in [0.29, 0.717) is 0 Å². The van der Waals surface area contributed by atoms with E-state index in [0.717, 1.165) is 6.42 Å². The van der Waals surface area contributed by atoms with Gasteiger partial charge in [0.2, 0.25) is 0 Å². The lowest BCUT2D eigenvalue weighted by atomic mass is 10.1. The van der Waals surface area contributed by atoms with Gasteiger partial charge in [-0.1, -0.05) is 42.5 Å². The third-order valence-electron chi connectivity index (χ3n) is 2.53. The average Bonchev–Trinajstić information content (AvgIpc) is 2.67. The van der Waals surface area contributed by atoms with Crippen LogP contribution in [0.25, 0.3) is 5.57 Å². The highest BCUT2D eigenvalue weighted by molar-refractivity contribution is 5.78. The Hall–Kier alpha value is -1.50. The lowest BCUT2D eigenvalue weighted by Crippen LogP contribution is -2.10. The van der Waals surface area contributed by atoms with Gasteiger partial charge in [0.15, 0.2) is 0 Å². The molecule has 0 spiro atoms. The summed E-state index contributed by atoms with van der Waals surface area (Å²) in [6.07, 6.45) is 5.49. The molecule has 0 aliphatic heterocycles. The third-order valence-corrected chi connectivity index (χ3v) is 2.53. The van der Waals surface area contributed by atoms with Gasteiger partial charge in [0.1, 0.15) is 0 Å². The summed E-state index contributed by atoms with van der Waals surface area (Å²) in [6, 6.07) is 10.5. The lowest BCUT2D eigenvalue weighted by molar-refractivity contribution is 0.507. The van der Waals surface area contributed by atoms with E-state index in [1.54, 1.807) is 0 Å². The van der Waals surface area contributed by atoms with Gasteiger partial charge in [0, 0.05) is 31.8 Å². The van der Waals surface area contributed by atoms with E-state index in [1.807, 2.05) is 0 Å². The Morgan fingerprint density at radius 3 is 2.43 bits per heavy atom. The van der Waals surface area contributed by atoms with Gasteiger partial charge < -0.3 is 4.90 Å². The molecule has 1 aromatic rings. The minimum Gasteiger partial charge on any atom is -0.380 e. The van der Waals surface area contributed by atoms with E-state index < -0.39 is 0 Å². The maximum atomic E-state index is 2.22. The molecule has 0 bridgehead atoms. The van der Waals surface area contributed by atoms with Gasteiger partial charge in [-0.3, -0.25) is 0 Å². The number of rotatable bonds is 2. The summed E-state index contributed by atoms with van der Waals surface area (Å²) in [5, 5.41) is 0. The number of hydrogen-bond donors (Lipinski definition) is 0. The fourth-order valence-corrected chi connectivity index (χ4v) is 1.80. The quantitative estimate of drug-likeness (QED) is 0.684. The minimum absolute atomic E-state index is 1.05. The molecule has 1 aliphatic rings. The summed E-state index contributed by atoms with van der Waals surface area (Å²) in [4.78, 5) is 2.20. The van der Waals surface area contributed by atoms with Crippen LogP contribution in [-0.2, 0) is 0 Å². The van der Waals surface area contributed by atoms with Crippen molar-refractivity contribution < 1.29 is 0 Å². The molecule has 14 heavy (non-hydrogen) atoms. The molecule has 72 valence electrons. The predicted molar refractivity (Wildman–Crippen MR) is 60.8 cm³/mol. The number of hydrogen-bond acceptors (Lipinski definition) is 1. The van der Waals surface area contributed by atoms with E-state index in [1.165, 1.54) is 16.8 Å². The number of nitrogens with zero attached hydrogens (tertiary/aromatic N) is 1. The number of allylic oxidation sites excluding steroid dienone is 3. The molecule has 0 amide bonds. The minimum atomic E-state index is 1.05. The van der Waals surface area contributed by atoms with Crippen molar-refractivity contribution in [1.82, 2.24) is 4.90 Å². The van der Waals surface area contributed by atoms with Crippen molar-refractivity contribution in [2.24, 2.45) is 0 Å². The predicted octanol–water partition coefficient (Wildman–Crippen LogP) is 2.92. The highest BCUT2D eigenvalue weighted by Gasteiger charge is 2.11. The molecule has 0 unspecified atom stereocenters. The first-order valence-corrected chi connectivity index (χ1v) is 4.91. The molecule has 0 heterocycles. The Morgan fingerprint density at radius 2 is 1.79 bits per heavy atom. The molecule has 2 rings (SSSR count). The fraction of sp³-hybridized carbons (Fsp3) is 0.231. The van der Waals surface area contributed by atoms with Crippen molar-refractivity contribution in [3.05, 3.63) is 53.7 Å². The van der Waals surface area contributed by atoms with Crippen molar-refractivity contribution in [3.63, 3.8) is 0 Å². The molecule has 0 aromatic heterocycles. The van der Waals surface area contributed by atoms with Gasteiger partial charge in [-0.05, 0) is 5.56 Å². The smallest absolute Gasteiger partial charge is 0.0245 e. The summed E-state index contributed by atoms with van der Waals surface area (Å²) in [6.45, 7) is 0. The van der Waals surface area contributed by atoms with Crippen molar-refractivity contribution in [2.75, 3.05) is 14.1 Å². The zero-order valence-electron chi connectivity index (χ0n) is 8.70. The summed E-state index contributed by atoms with van der Waals surface area (Å²) in [5.74, 6) is 0. The van der Waals surface area contributed by atoms with Crippen LogP contribution >= 0.6 is 0 Å². The highest BCUT2D eigenvalue weighted by atomic mass is 15.1. The Balaban J connectivity index is 2.42. The van der Waals surface area contributed by atoms with Crippen LogP contribution in [0.1, 0.15) is 12.0 Å². The van der Waals surface area contributed by atoms with Crippen LogP contribution in [0.5, 0.6) is 0 Å². The van der Waals surface area contributed by atoms with Gasteiger partial charge in [-0.25, -0.2) is 0 Å². The largest absolute Gasteiger partial charge is 0.380 e. The SMILES string of the molecule is CN(C)C1=C(c2ccccc2)C=CC1. The summed E-state index contributed by atoms with van der Waals surface area (Å²) in [7, 11) is 4.20. The second-order valence-corrected chi connectivity index (χ2v) is 3.73. The maximum Gasteiger partial charge on any atom is 0.0245 e. The monoisotopic (exact) mass is 185 g/mol. The van der Waals surface area contributed by atoms with Crippen LogP contribution in [0.2, 0.25) is 0 Å². The fourth-order valence-electron chi connectivity index (χ4n) is 1.80. The first kappa shape index (κ1) is 9.07. The molecule has 0 fully saturated rings.